The highest BCUT2D eigenvalue weighted by atomic mass is 19.1. The van der Waals surface area contributed by atoms with Gasteiger partial charge in [0.05, 0.1) is 12.0 Å². The number of rotatable bonds is 5. The second kappa shape index (κ2) is 7.50. The lowest BCUT2D eigenvalue weighted by molar-refractivity contribution is -0.137. The average molecular weight is 327 g/mol. The first-order valence-corrected chi connectivity index (χ1v) is 7.46. The molecule has 1 N–H and O–H groups in total. The van der Waals surface area contributed by atoms with Crippen LogP contribution in [0, 0.1) is 18.6 Å². The summed E-state index contributed by atoms with van der Waals surface area (Å²) in [7, 11) is 0. The van der Waals surface area contributed by atoms with Gasteiger partial charge in [0.25, 0.3) is 5.91 Å². The molecule has 2 rings (SSSR count). The Kier molecular flexibility index (Phi) is 5.65. The second-order valence-corrected chi connectivity index (χ2v) is 5.57. The van der Waals surface area contributed by atoms with Gasteiger partial charge in [-0.25, -0.2) is 8.78 Å². The SMILES string of the molecule is Cc1cc(F)c(C(=O)N(CCC(=O)O)C2CCOCC2)cc1F. The summed E-state index contributed by atoms with van der Waals surface area (Å²) in [4.78, 5) is 24.8. The van der Waals surface area contributed by atoms with E-state index in [9.17, 15) is 18.4 Å². The van der Waals surface area contributed by atoms with Gasteiger partial charge in [0.15, 0.2) is 0 Å². The molecule has 5 nitrogen and oxygen atoms in total. The summed E-state index contributed by atoms with van der Waals surface area (Å²) >= 11 is 0. The van der Waals surface area contributed by atoms with Crippen molar-refractivity contribution in [3.63, 3.8) is 0 Å². The van der Waals surface area contributed by atoms with E-state index in [2.05, 4.69) is 0 Å². The number of nitrogens with zero attached hydrogens (tertiary/aromatic N) is 1. The largest absolute Gasteiger partial charge is 0.481 e. The number of benzene rings is 1. The van der Waals surface area contributed by atoms with Crippen LogP contribution in [0.1, 0.15) is 35.2 Å². The van der Waals surface area contributed by atoms with Crippen LogP contribution in [0.2, 0.25) is 0 Å². The molecule has 1 amide bonds. The molecular weight excluding hydrogens is 308 g/mol. The Balaban J connectivity index is 2.27. The normalized spacial score (nSPS) is 15.4. The minimum atomic E-state index is -1.05. The number of carbonyl (C=O) groups excluding carboxylic acids is 1. The summed E-state index contributed by atoms with van der Waals surface area (Å²) in [6, 6.07) is 1.61. The number of carboxylic acid groups (broad SMARTS) is 1. The van der Waals surface area contributed by atoms with Gasteiger partial charge in [0.1, 0.15) is 11.6 Å². The van der Waals surface area contributed by atoms with Gasteiger partial charge in [0.2, 0.25) is 0 Å². The van der Waals surface area contributed by atoms with E-state index in [0.717, 1.165) is 12.1 Å². The highest BCUT2D eigenvalue weighted by molar-refractivity contribution is 5.95. The second-order valence-electron chi connectivity index (χ2n) is 5.57. The molecule has 0 bridgehead atoms. The number of carboxylic acids is 1. The molecule has 1 heterocycles. The summed E-state index contributed by atoms with van der Waals surface area (Å²) in [5, 5.41) is 8.85. The van der Waals surface area contributed by atoms with Crippen molar-refractivity contribution in [2.24, 2.45) is 0 Å². The maximum absolute atomic E-state index is 14.1. The van der Waals surface area contributed by atoms with Crippen LogP contribution < -0.4 is 0 Å². The van der Waals surface area contributed by atoms with Crippen LogP contribution in [-0.4, -0.2) is 47.7 Å². The van der Waals surface area contributed by atoms with E-state index >= 15 is 0 Å². The van der Waals surface area contributed by atoms with Crippen LogP contribution in [0.5, 0.6) is 0 Å². The third-order valence-electron chi connectivity index (χ3n) is 3.94. The molecular formula is C16H19F2NO4. The van der Waals surface area contributed by atoms with E-state index in [1.807, 2.05) is 0 Å². The smallest absolute Gasteiger partial charge is 0.305 e. The van der Waals surface area contributed by atoms with Gasteiger partial charge in [-0.05, 0) is 37.5 Å². The minimum absolute atomic E-state index is 0.0478. The van der Waals surface area contributed by atoms with E-state index in [1.165, 1.54) is 11.8 Å². The van der Waals surface area contributed by atoms with Crippen LogP contribution in [0.15, 0.2) is 12.1 Å². The minimum Gasteiger partial charge on any atom is -0.481 e. The number of carbonyl (C=O) groups is 2. The van der Waals surface area contributed by atoms with Gasteiger partial charge in [0, 0.05) is 25.8 Å². The molecule has 23 heavy (non-hydrogen) atoms. The molecule has 0 saturated carbocycles. The number of halogens is 2. The van der Waals surface area contributed by atoms with Crippen LogP contribution in [0.4, 0.5) is 8.78 Å². The van der Waals surface area contributed by atoms with Crippen LogP contribution in [0.25, 0.3) is 0 Å². The molecule has 0 radical (unpaired) electrons. The summed E-state index contributed by atoms with van der Waals surface area (Å²) < 4.78 is 33.0. The molecule has 0 atom stereocenters. The molecule has 1 aliphatic heterocycles. The van der Waals surface area contributed by atoms with E-state index < -0.39 is 23.5 Å². The first-order chi connectivity index (χ1) is 10.9. The van der Waals surface area contributed by atoms with Gasteiger partial charge in [-0.2, -0.15) is 0 Å². The lowest BCUT2D eigenvalue weighted by Crippen LogP contribution is -2.44. The van der Waals surface area contributed by atoms with E-state index in [-0.39, 0.29) is 30.1 Å². The van der Waals surface area contributed by atoms with E-state index in [1.54, 1.807) is 0 Å². The molecule has 126 valence electrons. The fraction of sp³-hybridized carbons (Fsp3) is 0.500. The molecule has 0 aromatic heterocycles. The van der Waals surface area contributed by atoms with E-state index in [4.69, 9.17) is 9.84 Å². The molecule has 1 aliphatic rings. The highest BCUT2D eigenvalue weighted by Crippen LogP contribution is 2.21. The molecule has 1 fully saturated rings. The predicted molar refractivity (Wildman–Crippen MR) is 78.2 cm³/mol. The Morgan fingerprint density at radius 2 is 1.91 bits per heavy atom. The number of hydrogen-bond donors (Lipinski definition) is 1. The Labute approximate surface area is 132 Å². The van der Waals surface area contributed by atoms with Crippen molar-refractivity contribution in [3.05, 3.63) is 34.9 Å². The zero-order valence-corrected chi connectivity index (χ0v) is 12.8. The van der Waals surface area contributed by atoms with Gasteiger partial charge < -0.3 is 14.7 Å². The van der Waals surface area contributed by atoms with Crippen molar-refractivity contribution in [2.75, 3.05) is 19.8 Å². The fourth-order valence-electron chi connectivity index (χ4n) is 2.63. The fourth-order valence-corrected chi connectivity index (χ4v) is 2.63. The van der Waals surface area contributed by atoms with Gasteiger partial charge in [-0.15, -0.1) is 0 Å². The zero-order chi connectivity index (χ0) is 17.0. The molecule has 1 aromatic carbocycles. The number of hydrogen-bond acceptors (Lipinski definition) is 3. The van der Waals surface area contributed by atoms with Crippen molar-refractivity contribution in [2.45, 2.75) is 32.2 Å². The number of ether oxygens (including phenoxy) is 1. The standard InChI is InChI=1S/C16H19F2NO4/c1-10-8-14(18)12(9-13(10)17)16(22)19(5-2-15(20)21)11-3-6-23-7-4-11/h8-9,11H,2-7H2,1H3,(H,20,21). The summed E-state index contributed by atoms with van der Waals surface area (Å²) in [5.74, 6) is -3.21. The van der Waals surface area contributed by atoms with Gasteiger partial charge >= 0.3 is 5.97 Å². The Hall–Kier alpha value is -2.02. The van der Waals surface area contributed by atoms with Crippen molar-refractivity contribution in [1.82, 2.24) is 4.90 Å². The average Bonchev–Trinajstić information content (AvgIpc) is 2.51. The molecule has 7 heteroatoms. The Bertz CT molecular complexity index is 600. The lowest BCUT2D eigenvalue weighted by atomic mass is 10.0. The molecule has 0 unspecified atom stereocenters. The molecule has 1 aromatic rings. The highest BCUT2D eigenvalue weighted by Gasteiger charge is 2.29. The lowest BCUT2D eigenvalue weighted by Gasteiger charge is -2.34. The summed E-state index contributed by atoms with van der Waals surface area (Å²) in [5.41, 5.74) is -0.257. The molecule has 0 spiro atoms. The number of aryl methyl sites for hydroxylation is 1. The van der Waals surface area contributed by atoms with Gasteiger partial charge in [-0.1, -0.05) is 0 Å². The molecule has 0 aliphatic carbocycles. The maximum Gasteiger partial charge on any atom is 0.305 e. The first kappa shape index (κ1) is 17.3. The number of amides is 1. The third-order valence-corrected chi connectivity index (χ3v) is 3.94. The van der Waals surface area contributed by atoms with Crippen LogP contribution in [0.3, 0.4) is 0 Å². The third kappa shape index (κ3) is 4.25. The van der Waals surface area contributed by atoms with Crippen molar-refractivity contribution in [3.8, 4) is 0 Å². The zero-order valence-electron chi connectivity index (χ0n) is 12.8. The van der Waals surface area contributed by atoms with Crippen LogP contribution >= 0.6 is 0 Å². The summed E-state index contributed by atoms with van der Waals surface area (Å²) in [6.45, 7) is 2.26. The topological polar surface area (TPSA) is 66.8 Å². The van der Waals surface area contributed by atoms with Crippen molar-refractivity contribution < 1.29 is 28.2 Å². The Morgan fingerprint density at radius 1 is 1.26 bits per heavy atom. The van der Waals surface area contributed by atoms with Crippen LogP contribution in [-0.2, 0) is 9.53 Å². The Morgan fingerprint density at radius 3 is 2.52 bits per heavy atom. The first-order valence-electron chi connectivity index (χ1n) is 7.46. The van der Waals surface area contributed by atoms with E-state index in [0.29, 0.717) is 26.1 Å². The number of aliphatic carboxylic acids is 1. The monoisotopic (exact) mass is 327 g/mol. The van der Waals surface area contributed by atoms with Gasteiger partial charge in [-0.3, -0.25) is 9.59 Å². The molecule has 1 saturated heterocycles. The quantitative estimate of drug-likeness (QED) is 0.901. The maximum atomic E-state index is 14.1. The van der Waals surface area contributed by atoms with Crippen molar-refractivity contribution in [1.29, 1.82) is 0 Å². The predicted octanol–water partition coefficient (Wildman–Crippen LogP) is 2.37. The van der Waals surface area contributed by atoms with Crippen molar-refractivity contribution >= 4 is 11.9 Å². The summed E-state index contributed by atoms with van der Waals surface area (Å²) in [6.07, 6.45) is 0.835.